The molecule has 0 spiro atoms. The first-order chi connectivity index (χ1) is 13.1. The molecule has 0 bridgehead atoms. The number of nitrogens with zero attached hydrogens (tertiary/aromatic N) is 5. The third kappa shape index (κ3) is 4.45. The van der Waals surface area contributed by atoms with Gasteiger partial charge in [-0.3, -0.25) is 14.8 Å². The van der Waals surface area contributed by atoms with Gasteiger partial charge in [-0.1, -0.05) is 41.4 Å². The Balaban J connectivity index is 1.66. The predicted octanol–water partition coefficient (Wildman–Crippen LogP) is 3.80. The second-order valence-electron chi connectivity index (χ2n) is 5.81. The van der Waals surface area contributed by atoms with Crippen LogP contribution in [0.15, 0.2) is 30.6 Å². The highest BCUT2D eigenvalue weighted by atomic mass is 35.5. The van der Waals surface area contributed by atoms with E-state index in [4.69, 9.17) is 23.2 Å². The van der Waals surface area contributed by atoms with Gasteiger partial charge in [0.1, 0.15) is 12.9 Å². The fraction of sp³-hybridized carbons (Fsp3) is 0.250. The van der Waals surface area contributed by atoms with Crippen molar-refractivity contribution in [2.75, 3.05) is 5.32 Å². The summed E-state index contributed by atoms with van der Waals surface area (Å²) in [6.07, 6.45) is -3.31. The number of alkyl halides is 3. The number of hydrogen-bond donors (Lipinski definition) is 1. The van der Waals surface area contributed by atoms with Gasteiger partial charge < -0.3 is 0 Å². The van der Waals surface area contributed by atoms with Crippen molar-refractivity contribution in [3.63, 3.8) is 0 Å². The lowest BCUT2D eigenvalue weighted by Crippen LogP contribution is -2.21. The molecule has 28 heavy (non-hydrogen) atoms. The molecule has 3 rings (SSSR count). The number of carbonyl (C=O) groups is 1. The minimum atomic E-state index is -4.71. The van der Waals surface area contributed by atoms with Crippen LogP contribution >= 0.6 is 23.2 Å². The fourth-order valence-electron chi connectivity index (χ4n) is 2.39. The molecular formula is C16H13Cl2F3N6O. The minimum absolute atomic E-state index is 0.00371. The molecule has 148 valence electrons. The van der Waals surface area contributed by atoms with E-state index in [1.54, 1.807) is 12.1 Å². The normalized spacial score (nSPS) is 11.6. The molecule has 2 heterocycles. The largest absolute Gasteiger partial charge is 0.436 e. The lowest BCUT2D eigenvalue weighted by molar-refractivity contribution is -0.141. The zero-order valence-corrected chi connectivity index (χ0v) is 15.8. The molecule has 0 saturated carbocycles. The molecule has 0 unspecified atom stereocenters. The average molecular weight is 433 g/mol. The molecule has 0 fully saturated rings. The Morgan fingerprint density at radius 2 is 1.93 bits per heavy atom. The molecule has 2 aromatic heterocycles. The SMILES string of the molecule is Cc1c(Cl)c(C(F)(F)F)nn1CC(=O)Nc1ncn(Cc2ccccc2Cl)n1. The summed E-state index contributed by atoms with van der Waals surface area (Å²) in [5.41, 5.74) is -0.392. The van der Waals surface area contributed by atoms with E-state index in [-0.39, 0.29) is 11.6 Å². The number of hydrogen-bond acceptors (Lipinski definition) is 4. The van der Waals surface area contributed by atoms with E-state index in [1.807, 2.05) is 12.1 Å². The molecule has 12 heteroatoms. The van der Waals surface area contributed by atoms with Crippen LogP contribution in [0.4, 0.5) is 19.1 Å². The quantitative estimate of drug-likeness (QED) is 0.664. The van der Waals surface area contributed by atoms with E-state index in [0.717, 1.165) is 10.2 Å². The zero-order valence-electron chi connectivity index (χ0n) is 14.3. The summed E-state index contributed by atoms with van der Waals surface area (Å²) < 4.78 is 40.9. The highest BCUT2D eigenvalue weighted by Crippen LogP contribution is 2.35. The summed E-state index contributed by atoms with van der Waals surface area (Å²) in [5.74, 6) is -0.643. The highest BCUT2D eigenvalue weighted by molar-refractivity contribution is 6.32. The maximum absolute atomic E-state index is 12.8. The Labute approximate surface area is 167 Å². The first-order valence-corrected chi connectivity index (χ1v) is 8.63. The molecule has 0 aliphatic heterocycles. The van der Waals surface area contributed by atoms with E-state index in [0.29, 0.717) is 11.6 Å². The third-order valence-electron chi connectivity index (χ3n) is 3.77. The molecule has 0 aliphatic rings. The van der Waals surface area contributed by atoms with E-state index >= 15 is 0 Å². The summed E-state index contributed by atoms with van der Waals surface area (Å²) in [6.45, 7) is 1.21. The standard InChI is InChI=1S/C16H13Cl2F3N6O/c1-9-13(18)14(16(19,20)21)24-27(9)7-12(28)23-15-22-8-26(25-15)6-10-4-2-3-5-11(10)17/h2-5,8H,6-7H2,1H3,(H,23,25,28). The fourth-order valence-corrected chi connectivity index (χ4v) is 2.83. The monoisotopic (exact) mass is 432 g/mol. The number of halogens is 5. The Morgan fingerprint density at radius 3 is 2.57 bits per heavy atom. The molecule has 0 saturated heterocycles. The summed E-state index contributed by atoms with van der Waals surface area (Å²) in [7, 11) is 0. The summed E-state index contributed by atoms with van der Waals surface area (Å²) in [6, 6.07) is 7.19. The van der Waals surface area contributed by atoms with Crippen molar-refractivity contribution in [1.82, 2.24) is 24.5 Å². The summed E-state index contributed by atoms with van der Waals surface area (Å²) in [4.78, 5) is 16.1. The number of nitrogens with one attached hydrogen (secondary N) is 1. The van der Waals surface area contributed by atoms with Crippen molar-refractivity contribution in [1.29, 1.82) is 0 Å². The summed E-state index contributed by atoms with van der Waals surface area (Å²) in [5, 5.41) is 9.89. The van der Waals surface area contributed by atoms with Crippen molar-refractivity contribution in [3.05, 3.63) is 57.6 Å². The number of amides is 1. The molecule has 3 aromatic rings. The second-order valence-corrected chi connectivity index (χ2v) is 6.59. The van der Waals surface area contributed by atoms with E-state index in [1.165, 1.54) is 17.9 Å². The van der Waals surface area contributed by atoms with Gasteiger partial charge in [-0.15, -0.1) is 5.10 Å². The Morgan fingerprint density at radius 1 is 1.21 bits per heavy atom. The van der Waals surface area contributed by atoms with Crippen LogP contribution in [0.1, 0.15) is 17.0 Å². The first-order valence-electron chi connectivity index (χ1n) is 7.88. The van der Waals surface area contributed by atoms with E-state index in [2.05, 4.69) is 20.5 Å². The van der Waals surface area contributed by atoms with Crippen LogP contribution in [-0.4, -0.2) is 30.5 Å². The number of aromatic nitrogens is 5. The summed E-state index contributed by atoms with van der Waals surface area (Å²) >= 11 is 11.7. The molecule has 0 aliphatic carbocycles. The average Bonchev–Trinajstić information content (AvgIpc) is 3.16. The lowest BCUT2D eigenvalue weighted by atomic mass is 10.2. The molecular weight excluding hydrogens is 420 g/mol. The van der Waals surface area contributed by atoms with Gasteiger partial charge in [0.15, 0.2) is 5.69 Å². The van der Waals surface area contributed by atoms with E-state index in [9.17, 15) is 18.0 Å². The van der Waals surface area contributed by atoms with Crippen molar-refractivity contribution in [2.45, 2.75) is 26.2 Å². The van der Waals surface area contributed by atoms with Crippen LogP contribution in [0.5, 0.6) is 0 Å². The van der Waals surface area contributed by atoms with Crippen LogP contribution in [0.2, 0.25) is 10.0 Å². The number of benzene rings is 1. The lowest BCUT2D eigenvalue weighted by Gasteiger charge is -2.05. The van der Waals surface area contributed by atoms with Crippen molar-refractivity contribution in [2.24, 2.45) is 0 Å². The molecule has 0 atom stereocenters. The van der Waals surface area contributed by atoms with Crippen molar-refractivity contribution in [3.8, 4) is 0 Å². The maximum Gasteiger partial charge on any atom is 0.436 e. The Bertz CT molecular complexity index is 1010. The van der Waals surface area contributed by atoms with Gasteiger partial charge in [-0.25, -0.2) is 9.67 Å². The number of rotatable bonds is 5. The smallest absolute Gasteiger partial charge is 0.292 e. The molecule has 7 nitrogen and oxygen atoms in total. The van der Waals surface area contributed by atoms with Crippen LogP contribution in [-0.2, 0) is 24.1 Å². The van der Waals surface area contributed by atoms with Crippen LogP contribution in [0.25, 0.3) is 0 Å². The third-order valence-corrected chi connectivity index (χ3v) is 4.59. The molecule has 1 aromatic carbocycles. The first kappa shape index (κ1) is 20.2. The van der Waals surface area contributed by atoms with Crippen molar-refractivity contribution >= 4 is 35.1 Å². The van der Waals surface area contributed by atoms with E-state index < -0.39 is 29.3 Å². The van der Waals surface area contributed by atoms with Gasteiger partial charge in [0.05, 0.1) is 17.3 Å². The Hall–Kier alpha value is -2.59. The van der Waals surface area contributed by atoms with Gasteiger partial charge >= 0.3 is 6.18 Å². The topological polar surface area (TPSA) is 77.6 Å². The molecule has 1 amide bonds. The van der Waals surface area contributed by atoms with Gasteiger partial charge in [0.2, 0.25) is 11.9 Å². The van der Waals surface area contributed by atoms with Crippen LogP contribution in [0, 0.1) is 6.92 Å². The van der Waals surface area contributed by atoms with Crippen LogP contribution < -0.4 is 5.32 Å². The zero-order chi connectivity index (χ0) is 20.5. The second kappa shape index (κ2) is 7.80. The van der Waals surface area contributed by atoms with Crippen LogP contribution in [0.3, 0.4) is 0 Å². The maximum atomic E-state index is 12.8. The molecule has 1 N–H and O–H groups in total. The van der Waals surface area contributed by atoms with Gasteiger partial charge in [0.25, 0.3) is 0 Å². The minimum Gasteiger partial charge on any atom is -0.292 e. The predicted molar refractivity (Wildman–Crippen MR) is 96.2 cm³/mol. The van der Waals surface area contributed by atoms with Gasteiger partial charge in [0, 0.05) is 5.02 Å². The molecule has 0 radical (unpaired) electrons. The van der Waals surface area contributed by atoms with Crippen molar-refractivity contribution < 1.29 is 18.0 Å². The number of anilines is 1. The highest BCUT2D eigenvalue weighted by Gasteiger charge is 2.38. The van der Waals surface area contributed by atoms with Gasteiger partial charge in [-0.2, -0.15) is 18.3 Å². The number of carbonyl (C=O) groups excluding carboxylic acids is 1. The Kier molecular flexibility index (Phi) is 5.61. The van der Waals surface area contributed by atoms with Gasteiger partial charge in [-0.05, 0) is 18.6 Å².